The van der Waals surface area contributed by atoms with Gasteiger partial charge in [-0.05, 0) is 47.7 Å². The zero-order valence-electron chi connectivity index (χ0n) is 9.24. The summed E-state index contributed by atoms with van der Waals surface area (Å²) >= 11 is 7.83. The maximum absolute atomic E-state index is 12.1. The van der Waals surface area contributed by atoms with E-state index in [-0.39, 0.29) is 4.90 Å². The Hall–Kier alpha value is -0.800. The summed E-state index contributed by atoms with van der Waals surface area (Å²) in [6.07, 6.45) is 1.28. The minimum atomic E-state index is -3.63. The van der Waals surface area contributed by atoms with E-state index in [1.54, 1.807) is 25.1 Å². The summed E-state index contributed by atoms with van der Waals surface area (Å²) in [6, 6.07) is 4.93. The van der Waals surface area contributed by atoms with Gasteiger partial charge in [0, 0.05) is 8.59 Å². The van der Waals surface area contributed by atoms with E-state index in [2.05, 4.69) is 14.9 Å². The van der Waals surface area contributed by atoms with Crippen molar-refractivity contribution in [1.82, 2.24) is 10.2 Å². The highest BCUT2D eigenvalue weighted by atomic mass is 127. The van der Waals surface area contributed by atoms with Gasteiger partial charge in [0.2, 0.25) is 0 Å². The van der Waals surface area contributed by atoms with E-state index in [9.17, 15) is 8.42 Å². The van der Waals surface area contributed by atoms with E-state index < -0.39 is 10.0 Å². The summed E-state index contributed by atoms with van der Waals surface area (Å²) in [4.78, 5) is 0.133. The van der Waals surface area contributed by atoms with Crippen molar-refractivity contribution in [1.29, 1.82) is 0 Å². The van der Waals surface area contributed by atoms with Gasteiger partial charge in [-0.1, -0.05) is 11.6 Å². The highest BCUT2D eigenvalue weighted by Crippen LogP contribution is 2.25. The number of anilines is 1. The van der Waals surface area contributed by atoms with Crippen molar-refractivity contribution in [2.45, 2.75) is 11.8 Å². The second-order valence-electron chi connectivity index (χ2n) is 3.59. The highest BCUT2D eigenvalue weighted by Gasteiger charge is 2.19. The molecule has 1 heterocycles. The molecule has 0 saturated carbocycles. The molecule has 96 valence electrons. The first-order chi connectivity index (χ1) is 8.40. The fraction of sp³-hybridized carbons (Fsp3) is 0.100. The summed E-state index contributed by atoms with van der Waals surface area (Å²) in [7, 11) is -3.63. The number of rotatable bonds is 3. The van der Waals surface area contributed by atoms with Crippen molar-refractivity contribution in [3.8, 4) is 0 Å². The molecule has 18 heavy (non-hydrogen) atoms. The van der Waals surface area contributed by atoms with Crippen LogP contribution in [-0.4, -0.2) is 18.6 Å². The molecule has 5 nitrogen and oxygen atoms in total. The molecule has 0 amide bonds. The molecule has 0 bridgehead atoms. The van der Waals surface area contributed by atoms with Gasteiger partial charge in [-0.2, -0.15) is 5.10 Å². The van der Waals surface area contributed by atoms with Crippen LogP contribution < -0.4 is 4.72 Å². The molecule has 0 radical (unpaired) electrons. The number of aryl methyl sites for hydroxylation is 1. The molecule has 0 atom stereocenters. The molecule has 0 aliphatic rings. The van der Waals surface area contributed by atoms with E-state index in [0.717, 1.165) is 3.57 Å². The van der Waals surface area contributed by atoms with E-state index in [4.69, 9.17) is 11.6 Å². The Morgan fingerprint density at radius 1 is 1.44 bits per heavy atom. The topological polar surface area (TPSA) is 74.8 Å². The molecule has 0 spiro atoms. The summed E-state index contributed by atoms with van der Waals surface area (Å²) in [6.45, 7) is 1.65. The van der Waals surface area contributed by atoms with Crippen LogP contribution in [0.3, 0.4) is 0 Å². The molecule has 0 fully saturated rings. The van der Waals surface area contributed by atoms with Gasteiger partial charge in [0.25, 0.3) is 10.0 Å². The molecule has 1 aromatic heterocycles. The first-order valence-corrected chi connectivity index (χ1v) is 7.82. The second kappa shape index (κ2) is 5.06. The van der Waals surface area contributed by atoms with E-state index in [1.807, 2.05) is 22.6 Å². The summed E-state index contributed by atoms with van der Waals surface area (Å²) < 4.78 is 27.5. The van der Waals surface area contributed by atoms with Gasteiger partial charge >= 0.3 is 0 Å². The van der Waals surface area contributed by atoms with Crippen LogP contribution in [0.15, 0.2) is 29.3 Å². The fourth-order valence-electron chi connectivity index (χ4n) is 1.38. The minimum Gasteiger partial charge on any atom is -0.281 e. The van der Waals surface area contributed by atoms with Crippen LogP contribution in [0, 0.1) is 10.5 Å². The van der Waals surface area contributed by atoms with Crippen molar-refractivity contribution in [2.24, 2.45) is 0 Å². The smallest absolute Gasteiger partial charge is 0.265 e. The predicted octanol–water partition coefficient (Wildman–Crippen LogP) is 2.78. The number of H-pyrrole nitrogens is 1. The van der Waals surface area contributed by atoms with Crippen molar-refractivity contribution in [3.05, 3.63) is 38.7 Å². The Labute approximate surface area is 123 Å². The van der Waals surface area contributed by atoms with E-state index in [0.29, 0.717) is 16.4 Å². The van der Waals surface area contributed by atoms with Gasteiger partial charge in [0.05, 0.1) is 17.6 Å². The second-order valence-corrected chi connectivity index (χ2v) is 6.84. The number of nitrogens with one attached hydrogen (secondary N) is 2. The Bertz CT molecular complexity index is 684. The largest absolute Gasteiger partial charge is 0.281 e. The fourth-order valence-corrected chi connectivity index (χ4v) is 3.79. The molecule has 8 heteroatoms. The number of halogens is 2. The number of sulfonamides is 1. The number of nitrogens with zero attached hydrogens (tertiary/aromatic N) is 1. The number of hydrogen-bond donors (Lipinski definition) is 2. The lowest BCUT2D eigenvalue weighted by molar-refractivity contribution is 0.600. The quantitative estimate of drug-likeness (QED) is 0.782. The Kier molecular flexibility index (Phi) is 3.83. The normalized spacial score (nSPS) is 11.5. The van der Waals surface area contributed by atoms with Gasteiger partial charge in [-0.15, -0.1) is 0 Å². The van der Waals surface area contributed by atoms with Crippen LogP contribution in [0.25, 0.3) is 0 Å². The van der Waals surface area contributed by atoms with Crippen LogP contribution in [0.2, 0.25) is 5.02 Å². The van der Waals surface area contributed by atoms with Crippen molar-refractivity contribution in [3.63, 3.8) is 0 Å². The monoisotopic (exact) mass is 397 g/mol. The summed E-state index contributed by atoms with van der Waals surface area (Å²) in [5, 5.41) is 6.85. The SMILES string of the molecule is Cc1[nH]ncc1S(=O)(=O)Nc1ccc(Cl)cc1I. The van der Waals surface area contributed by atoms with E-state index >= 15 is 0 Å². The lowest BCUT2D eigenvalue weighted by atomic mass is 10.3. The van der Waals surface area contributed by atoms with Crippen LogP contribution >= 0.6 is 34.2 Å². The molecule has 0 saturated heterocycles. The maximum Gasteiger partial charge on any atom is 0.265 e. The zero-order chi connectivity index (χ0) is 13.3. The highest BCUT2D eigenvalue weighted by molar-refractivity contribution is 14.1. The first kappa shape index (κ1) is 13.6. The minimum absolute atomic E-state index is 0.133. The van der Waals surface area contributed by atoms with Gasteiger partial charge in [-0.3, -0.25) is 9.82 Å². The van der Waals surface area contributed by atoms with Crippen molar-refractivity contribution >= 4 is 49.9 Å². The number of hydrogen-bond acceptors (Lipinski definition) is 3. The third kappa shape index (κ3) is 2.78. The van der Waals surface area contributed by atoms with Gasteiger partial charge in [0.15, 0.2) is 0 Å². The summed E-state index contributed by atoms with van der Waals surface area (Å²) in [5.41, 5.74) is 0.979. The Morgan fingerprint density at radius 2 is 2.17 bits per heavy atom. The average molecular weight is 398 g/mol. The number of benzene rings is 1. The molecular weight excluding hydrogens is 389 g/mol. The van der Waals surface area contributed by atoms with Crippen molar-refractivity contribution in [2.75, 3.05) is 4.72 Å². The lowest BCUT2D eigenvalue weighted by Crippen LogP contribution is -2.14. The lowest BCUT2D eigenvalue weighted by Gasteiger charge is -2.09. The van der Waals surface area contributed by atoms with Gasteiger partial charge in [0.1, 0.15) is 4.90 Å². The molecule has 1 aromatic carbocycles. The van der Waals surface area contributed by atoms with Crippen LogP contribution in [0.5, 0.6) is 0 Å². The molecule has 2 N–H and O–H groups in total. The number of aromatic amines is 1. The van der Waals surface area contributed by atoms with E-state index in [1.165, 1.54) is 6.20 Å². The van der Waals surface area contributed by atoms with Gasteiger partial charge in [-0.25, -0.2) is 8.42 Å². The first-order valence-electron chi connectivity index (χ1n) is 4.88. The third-order valence-corrected chi connectivity index (χ3v) is 4.86. The van der Waals surface area contributed by atoms with Crippen LogP contribution in [0.1, 0.15) is 5.69 Å². The predicted molar refractivity (Wildman–Crippen MR) is 78.3 cm³/mol. The Balaban J connectivity index is 2.37. The average Bonchev–Trinajstić information content (AvgIpc) is 2.69. The van der Waals surface area contributed by atoms with Crippen LogP contribution in [-0.2, 0) is 10.0 Å². The zero-order valence-corrected chi connectivity index (χ0v) is 13.0. The maximum atomic E-state index is 12.1. The third-order valence-electron chi connectivity index (χ3n) is 2.25. The van der Waals surface area contributed by atoms with Crippen molar-refractivity contribution < 1.29 is 8.42 Å². The molecule has 2 rings (SSSR count). The Morgan fingerprint density at radius 3 is 2.72 bits per heavy atom. The summed E-state index contributed by atoms with van der Waals surface area (Å²) in [5.74, 6) is 0. The van der Waals surface area contributed by atoms with Crippen LogP contribution in [0.4, 0.5) is 5.69 Å². The molecule has 0 aliphatic heterocycles. The molecule has 0 unspecified atom stereocenters. The standard InChI is InChI=1S/C10H9ClIN3O2S/c1-6-10(5-13-14-6)18(16,17)15-9-3-2-7(11)4-8(9)12/h2-5,15H,1H3,(H,13,14). The number of aromatic nitrogens is 2. The molecular formula is C10H9ClIN3O2S. The molecule has 0 aliphatic carbocycles. The molecule has 2 aromatic rings. The van der Waals surface area contributed by atoms with Gasteiger partial charge < -0.3 is 0 Å².